The molecule has 1 aliphatic rings. The highest BCUT2D eigenvalue weighted by atomic mass is 127. The van der Waals surface area contributed by atoms with Crippen molar-refractivity contribution in [3.8, 4) is 0 Å². The fourth-order valence-corrected chi connectivity index (χ4v) is 1.63. The van der Waals surface area contributed by atoms with E-state index in [1.54, 1.807) is 29.9 Å². The Bertz CT molecular complexity index is 116. The minimum atomic E-state index is -0.709. The maximum Gasteiger partial charge on any atom is 0.122 e. The Morgan fingerprint density at radius 1 is 1.80 bits per heavy atom. The highest BCUT2D eigenvalue weighted by molar-refractivity contribution is 14.1. The van der Waals surface area contributed by atoms with Gasteiger partial charge in [0, 0.05) is 13.0 Å². The van der Waals surface area contributed by atoms with Crippen LogP contribution in [0.4, 0.5) is 0 Å². The zero-order valence-corrected chi connectivity index (χ0v) is 8.00. The highest BCUT2D eigenvalue weighted by Gasteiger charge is 2.35. The van der Waals surface area contributed by atoms with Crippen molar-refractivity contribution in [2.45, 2.75) is 25.0 Å². The molecule has 10 heavy (non-hydrogen) atoms. The molecule has 0 aliphatic carbocycles. The van der Waals surface area contributed by atoms with Crippen LogP contribution < -0.4 is 0 Å². The van der Waals surface area contributed by atoms with Gasteiger partial charge < -0.3 is 12.9 Å². The Kier molecular flexibility index (Phi) is 2.91. The van der Waals surface area contributed by atoms with E-state index in [1.165, 1.54) is 0 Å². The largest absolute Gasteiger partial charge is 0.387 e. The van der Waals surface area contributed by atoms with Crippen LogP contribution in [0.5, 0.6) is 0 Å². The molecule has 0 spiro atoms. The molecule has 0 radical (unpaired) electrons. The van der Waals surface area contributed by atoms with Crippen molar-refractivity contribution in [1.29, 1.82) is 0 Å². The highest BCUT2D eigenvalue weighted by Crippen LogP contribution is 2.24. The van der Waals surface area contributed by atoms with E-state index >= 15 is 0 Å². The quantitative estimate of drug-likeness (QED) is 0.710. The molecule has 1 saturated heterocycles. The molecule has 1 N–H and O–H groups in total. The topological polar surface area (TPSA) is 38.7 Å². The molecule has 0 amide bonds. The van der Waals surface area contributed by atoms with Gasteiger partial charge in [0.25, 0.3) is 0 Å². The van der Waals surface area contributed by atoms with E-state index in [0.717, 1.165) is 0 Å². The van der Waals surface area contributed by atoms with E-state index in [-0.39, 0.29) is 6.10 Å². The van der Waals surface area contributed by atoms with Gasteiger partial charge in [-0.3, -0.25) is 0 Å². The Balaban J connectivity index is 2.51. The molecule has 2 atom stereocenters. The number of halogens is 1. The molecular formula is C6H11IO3. The number of rotatable bonds is 1. The van der Waals surface area contributed by atoms with E-state index in [0.29, 0.717) is 19.6 Å². The molecule has 1 heterocycles. The lowest BCUT2D eigenvalue weighted by atomic mass is 9.94. The summed E-state index contributed by atoms with van der Waals surface area (Å²) in [4.78, 5) is 0. The number of hydrogen-bond donors (Lipinski definition) is 1. The zero-order valence-electron chi connectivity index (χ0n) is 5.84. The lowest BCUT2D eigenvalue weighted by Gasteiger charge is -2.34. The van der Waals surface area contributed by atoms with Crippen LogP contribution in [0.25, 0.3) is 0 Å². The lowest BCUT2D eigenvalue weighted by Crippen LogP contribution is -2.47. The third-order valence-corrected chi connectivity index (χ3v) is 2.44. The predicted molar refractivity (Wildman–Crippen MR) is 45.0 cm³/mol. The summed E-state index contributed by atoms with van der Waals surface area (Å²) in [6, 6.07) is 0. The van der Waals surface area contributed by atoms with E-state index < -0.39 is 5.60 Å². The molecule has 1 rings (SSSR count). The first-order valence-electron chi connectivity index (χ1n) is 3.24. The molecular weight excluding hydrogens is 247 g/mol. The van der Waals surface area contributed by atoms with Crippen molar-refractivity contribution in [3.05, 3.63) is 0 Å². The Morgan fingerprint density at radius 3 is 2.90 bits per heavy atom. The molecule has 1 aliphatic heterocycles. The van der Waals surface area contributed by atoms with Crippen LogP contribution in [0.15, 0.2) is 0 Å². The number of hydrogen-bond acceptors (Lipinski definition) is 3. The van der Waals surface area contributed by atoms with Crippen LogP contribution in [-0.2, 0) is 7.80 Å². The normalized spacial score (nSPS) is 41.7. The molecule has 0 bridgehead atoms. The summed E-state index contributed by atoms with van der Waals surface area (Å²) in [5, 5.41) is 9.62. The van der Waals surface area contributed by atoms with E-state index in [9.17, 15) is 5.11 Å². The van der Waals surface area contributed by atoms with Gasteiger partial charge in [0.05, 0.1) is 12.2 Å². The van der Waals surface area contributed by atoms with Crippen LogP contribution in [-0.4, -0.2) is 30.0 Å². The summed E-state index contributed by atoms with van der Waals surface area (Å²) in [6.07, 6.45) is 0.475. The molecule has 3 nitrogen and oxygen atoms in total. The first-order valence-corrected chi connectivity index (χ1v) is 4.12. The van der Waals surface area contributed by atoms with Gasteiger partial charge in [0.2, 0.25) is 0 Å². The van der Waals surface area contributed by atoms with Crippen molar-refractivity contribution < 1.29 is 12.9 Å². The van der Waals surface area contributed by atoms with Gasteiger partial charge in [-0.2, -0.15) is 0 Å². The summed E-state index contributed by atoms with van der Waals surface area (Å²) >= 11 is 1.79. The van der Waals surface area contributed by atoms with Gasteiger partial charge in [0.15, 0.2) is 0 Å². The van der Waals surface area contributed by atoms with Crippen LogP contribution in [0.3, 0.4) is 0 Å². The van der Waals surface area contributed by atoms with Gasteiger partial charge in [-0.1, -0.05) is 0 Å². The van der Waals surface area contributed by atoms with Crippen molar-refractivity contribution in [3.63, 3.8) is 0 Å². The maximum atomic E-state index is 9.62. The molecule has 0 aromatic heterocycles. The third kappa shape index (κ3) is 1.81. The molecule has 0 saturated carbocycles. The fourth-order valence-electron chi connectivity index (χ4n) is 0.931. The van der Waals surface area contributed by atoms with Crippen molar-refractivity contribution in [2.24, 2.45) is 0 Å². The minimum absolute atomic E-state index is 0.179. The molecule has 2 unspecified atom stereocenters. The summed E-state index contributed by atoms with van der Waals surface area (Å²) < 4.78 is 10.1. The summed E-state index contributed by atoms with van der Waals surface area (Å²) in [7, 11) is 0. The maximum absolute atomic E-state index is 9.62. The predicted octanol–water partition coefficient (Wildman–Crippen LogP) is 0.893. The van der Waals surface area contributed by atoms with E-state index in [1.807, 2.05) is 0 Å². The monoisotopic (exact) mass is 258 g/mol. The van der Waals surface area contributed by atoms with Gasteiger partial charge >= 0.3 is 0 Å². The van der Waals surface area contributed by atoms with Crippen molar-refractivity contribution in [1.82, 2.24) is 0 Å². The van der Waals surface area contributed by atoms with Crippen LogP contribution in [0, 0.1) is 0 Å². The van der Waals surface area contributed by atoms with E-state index in [2.05, 4.69) is 0 Å². The Hall–Kier alpha value is 0.610. The Labute approximate surface area is 74.4 Å². The second-order valence-corrected chi connectivity index (χ2v) is 3.27. The zero-order chi connectivity index (χ0) is 7.61. The molecule has 1 fully saturated rings. The van der Waals surface area contributed by atoms with E-state index in [4.69, 9.17) is 7.80 Å². The lowest BCUT2D eigenvalue weighted by molar-refractivity contribution is -0.119. The first-order chi connectivity index (χ1) is 4.67. The summed E-state index contributed by atoms with van der Waals surface area (Å²) in [5.41, 5.74) is -0.709. The van der Waals surface area contributed by atoms with Crippen molar-refractivity contribution >= 4 is 23.0 Å². The fraction of sp³-hybridized carbons (Fsp3) is 1.00. The molecule has 0 aromatic carbocycles. The van der Waals surface area contributed by atoms with Gasteiger partial charge in [-0.25, -0.2) is 0 Å². The number of ether oxygens (including phenoxy) is 1. The Morgan fingerprint density at radius 2 is 2.50 bits per heavy atom. The minimum Gasteiger partial charge on any atom is -0.387 e. The van der Waals surface area contributed by atoms with Gasteiger partial charge in [-0.15, -0.1) is 0 Å². The second-order valence-electron chi connectivity index (χ2n) is 2.76. The molecule has 60 valence electrons. The SMILES string of the molecule is CC1(O)CCOCC1OI. The standard InChI is InChI=1S/C6H11IO3/c1-6(8)2-3-9-4-5(6)10-7/h5,8H,2-4H2,1H3. The second kappa shape index (κ2) is 3.34. The average molecular weight is 258 g/mol. The smallest absolute Gasteiger partial charge is 0.122 e. The third-order valence-electron chi connectivity index (χ3n) is 1.82. The first kappa shape index (κ1) is 8.70. The summed E-state index contributed by atoms with van der Waals surface area (Å²) in [6.45, 7) is 2.90. The molecule has 0 aromatic rings. The molecule has 4 heteroatoms. The average Bonchev–Trinajstić information content (AvgIpc) is 1.87. The van der Waals surface area contributed by atoms with Crippen LogP contribution in [0.1, 0.15) is 13.3 Å². The number of aliphatic hydroxyl groups is 1. The van der Waals surface area contributed by atoms with Crippen molar-refractivity contribution in [2.75, 3.05) is 13.2 Å². The van der Waals surface area contributed by atoms with Gasteiger partial charge in [0.1, 0.15) is 29.1 Å². The van der Waals surface area contributed by atoms with Crippen LogP contribution in [0.2, 0.25) is 0 Å². The van der Waals surface area contributed by atoms with Crippen LogP contribution >= 0.6 is 23.0 Å². The van der Waals surface area contributed by atoms with Gasteiger partial charge in [-0.05, 0) is 6.92 Å². The summed E-state index contributed by atoms with van der Waals surface area (Å²) in [5.74, 6) is 0.